The number of nitrogens with zero attached hydrogens (tertiary/aromatic N) is 2. The molecule has 0 radical (unpaired) electrons. The summed E-state index contributed by atoms with van der Waals surface area (Å²) in [6.07, 6.45) is 2.97. The third kappa shape index (κ3) is 3.99. The molecule has 0 bridgehead atoms. The topological polar surface area (TPSA) is 114 Å². The number of H-pyrrole nitrogens is 1. The minimum Gasteiger partial charge on any atom is -0.366 e. The van der Waals surface area contributed by atoms with Crippen molar-refractivity contribution in [2.75, 3.05) is 5.32 Å². The van der Waals surface area contributed by atoms with E-state index < -0.39 is 11.8 Å². The van der Waals surface area contributed by atoms with Gasteiger partial charge in [-0.3, -0.25) is 14.7 Å². The van der Waals surface area contributed by atoms with Gasteiger partial charge in [0.2, 0.25) is 5.91 Å². The fraction of sp³-hybridized carbons (Fsp3) is 0.0588. The predicted octanol–water partition coefficient (Wildman–Crippen LogP) is 4.15. The van der Waals surface area contributed by atoms with Crippen molar-refractivity contribution >= 4 is 67.8 Å². The monoisotopic (exact) mass is 559 g/mol. The number of primary amides is 1. The number of aryl methyl sites for hydroxylation is 1. The van der Waals surface area contributed by atoms with E-state index in [4.69, 9.17) is 17.3 Å². The van der Waals surface area contributed by atoms with Gasteiger partial charge in [0.15, 0.2) is 5.82 Å². The number of rotatable bonds is 4. The van der Waals surface area contributed by atoms with Crippen molar-refractivity contribution in [3.8, 4) is 11.1 Å². The van der Waals surface area contributed by atoms with Crippen LogP contribution in [-0.2, 0) is 0 Å². The molecule has 10 heteroatoms. The summed E-state index contributed by atoms with van der Waals surface area (Å²) in [4.78, 5) is 28.5. The number of carbonyl (C=O) groups is 2. The molecule has 0 spiro atoms. The van der Waals surface area contributed by atoms with Gasteiger partial charge in [0.25, 0.3) is 5.91 Å². The number of aromatic amines is 1. The minimum absolute atomic E-state index is 0.155. The fourth-order valence-electron chi connectivity index (χ4n) is 2.61. The minimum atomic E-state index is -0.575. The molecular formula is C17H12BrClIN5O2. The SMILES string of the molecule is Cc1cc(I)cc(C(N)=O)c1-c1c(Br)cnc(NC(=O)c2ccn[nH]2)c1Cl. The summed E-state index contributed by atoms with van der Waals surface area (Å²) >= 11 is 12.1. The highest BCUT2D eigenvalue weighted by molar-refractivity contribution is 14.1. The van der Waals surface area contributed by atoms with Gasteiger partial charge < -0.3 is 11.1 Å². The second-order valence-electron chi connectivity index (χ2n) is 5.58. The number of halogens is 3. The molecule has 138 valence electrons. The number of benzene rings is 1. The van der Waals surface area contributed by atoms with Crippen molar-refractivity contribution in [1.82, 2.24) is 15.2 Å². The van der Waals surface area contributed by atoms with Crippen molar-refractivity contribution in [2.45, 2.75) is 6.92 Å². The zero-order valence-corrected chi connectivity index (χ0v) is 18.3. The Balaban J connectivity index is 2.15. The number of nitrogens with two attached hydrogens (primary N) is 1. The third-order valence-corrected chi connectivity index (χ3v) is 5.36. The summed E-state index contributed by atoms with van der Waals surface area (Å²) in [6, 6.07) is 5.13. The Morgan fingerprint density at radius 2 is 2.07 bits per heavy atom. The van der Waals surface area contributed by atoms with Crippen LogP contribution in [0.4, 0.5) is 5.82 Å². The lowest BCUT2D eigenvalue weighted by molar-refractivity contribution is 0.0997. The summed E-state index contributed by atoms with van der Waals surface area (Å²) in [5.41, 5.74) is 8.09. The molecule has 0 saturated heterocycles. The molecule has 0 fully saturated rings. The van der Waals surface area contributed by atoms with Crippen molar-refractivity contribution in [2.24, 2.45) is 5.73 Å². The molecule has 0 saturated carbocycles. The van der Waals surface area contributed by atoms with Crippen LogP contribution < -0.4 is 11.1 Å². The highest BCUT2D eigenvalue weighted by atomic mass is 127. The molecule has 4 N–H and O–H groups in total. The van der Waals surface area contributed by atoms with E-state index in [9.17, 15) is 9.59 Å². The van der Waals surface area contributed by atoms with E-state index in [0.29, 0.717) is 21.2 Å². The van der Waals surface area contributed by atoms with Crippen molar-refractivity contribution in [3.05, 3.63) is 60.5 Å². The zero-order valence-electron chi connectivity index (χ0n) is 13.8. The quantitative estimate of drug-likeness (QED) is 0.416. The average Bonchev–Trinajstić information content (AvgIpc) is 3.13. The Morgan fingerprint density at radius 3 is 2.70 bits per heavy atom. The molecule has 2 heterocycles. The standard InChI is InChI=1S/C17H12BrClIN5O2/c1-7-4-8(20)5-9(15(21)26)12(7)13-10(18)6-22-16(14(13)19)24-17(27)11-2-3-23-25-11/h2-6H,1H3,(H2,21,26)(H,23,25)(H,22,24,27). The van der Waals surface area contributed by atoms with E-state index in [2.05, 4.69) is 59.0 Å². The number of nitrogens with one attached hydrogen (secondary N) is 2. The lowest BCUT2D eigenvalue weighted by Crippen LogP contribution is -2.15. The molecule has 0 atom stereocenters. The first-order valence-corrected chi connectivity index (χ1v) is 9.79. The van der Waals surface area contributed by atoms with E-state index >= 15 is 0 Å². The first-order valence-electron chi connectivity index (χ1n) is 7.54. The molecule has 0 aliphatic heterocycles. The van der Waals surface area contributed by atoms with Crippen LogP contribution in [0.25, 0.3) is 11.1 Å². The van der Waals surface area contributed by atoms with Gasteiger partial charge in [-0.2, -0.15) is 5.10 Å². The Kier molecular flexibility index (Phi) is 5.82. The molecule has 27 heavy (non-hydrogen) atoms. The Hall–Kier alpha value is -1.98. The number of carbonyl (C=O) groups excluding carboxylic acids is 2. The van der Waals surface area contributed by atoms with Gasteiger partial charge in [-0.05, 0) is 69.2 Å². The van der Waals surface area contributed by atoms with Crippen molar-refractivity contribution < 1.29 is 9.59 Å². The molecule has 2 amide bonds. The summed E-state index contributed by atoms with van der Waals surface area (Å²) in [7, 11) is 0. The van der Waals surface area contributed by atoms with Crippen LogP contribution in [0.2, 0.25) is 5.02 Å². The highest BCUT2D eigenvalue weighted by Gasteiger charge is 2.22. The third-order valence-electron chi connectivity index (χ3n) is 3.77. The van der Waals surface area contributed by atoms with Crippen molar-refractivity contribution in [1.29, 1.82) is 0 Å². The first-order chi connectivity index (χ1) is 12.8. The second-order valence-corrected chi connectivity index (χ2v) is 8.06. The maximum atomic E-state index is 12.3. The average molecular weight is 561 g/mol. The summed E-state index contributed by atoms with van der Waals surface area (Å²) in [5.74, 6) is -0.859. The fourth-order valence-corrected chi connectivity index (χ4v) is 4.29. The van der Waals surface area contributed by atoms with Crippen molar-refractivity contribution in [3.63, 3.8) is 0 Å². The van der Waals surface area contributed by atoms with E-state index in [1.165, 1.54) is 18.5 Å². The number of hydrogen-bond acceptors (Lipinski definition) is 4. The van der Waals surface area contributed by atoms with Gasteiger partial charge in [-0.1, -0.05) is 11.6 Å². The molecule has 0 aliphatic rings. The Bertz CT molecular complexity index is 1060. The van der Waals surface area contributed by atoms with Crippen LogP contribution in [-0.4, -0.2) is 27.0 Å². The molecule has 0 aliphatic carbocycles. The summed E-state index contributed by atoms with van der Waals surface area (Å²) < 4.78 is 1.44. The van der Waals surface area contributed by atoms with Crippen LogP contribution in [0.1, 0.15) is 26.4 Å². The number of amides is 2. The van der Waals surface area contributed by atoms with Crippen LogP contribution >= 0.6 is 50.1 Å². The molecule has 1 aromatic carbocycles. The van der Waals surface area contributed by atoms with Gasteiger partial charge in [0, 0.05) is 37.1 Å². The van der Waals surface area contributed by atoms with Crippen LogP contribution in [0.15, 0.2) is 35.1 Å². The van der Waals surface area contributed by atoms with E-state index in [1.807, 2.05) is 13.0 Å². The predicted molar refractivity (Wildman–Crippen MR) is 115 cm³/mol. The first kappa shape index (κ1) is 19.8. The maximum absolute atomic E-state index is 12.3. The number of hydrogen-bond donors (Lipinski definition) is 3. The number of anilines is 1. The van der Waals surface area contributed by atoms with Crippen LogP contribution in [0.5, 0.6) is 0 Å². The smallest absolute Gasteiger partial charge is 0.274 e. The number of pyridine rings is 1. The Morgan fingerprint density at radius 1 is 1.33 bits per heavy atom. The molecular weight excluding hydrogens is 548 g/mol. The molecule has 2 aromatic heterocycles. The van der Waals surface area contributed by atoms with Gasteiger partial charge in [-0.25, -0.2) is 4.98 Å². The van der Waals surface area contributed by atoms with Crippen LogP contribution in [0.3, 0.4) is 0 Å². The largest absolute Gasteiger partial charge is 0.366 e. The summed E-state index contributed by atoms with van der Waals surface area (Å²) in [5, 5.41) is 9.13. The van der Waals surface area contributed by atoms with Gasteiger partial charge in [0.05, 0.1) is 5.02 Å². The molecule has 3 rings (SSSR count). The lowest BCUT2D eigenvalue weighted by Gasteiger charge is -2.16. The Labute approximate surface area is 181 Å². The van der Waals surface area contributed by atoms with E-state index in [1.54, 1.807) is 6.07 Å². The normalized spacial score (nSPS) is 10.7. The second kappa shape index (κ2) is 7.95. The molecule has 7 nitrogen and oxygen atoms in total. The zero-order chi connectivity index (χ0) is 19.7. The summed E-state index contributed by atoms with van der Waals surface area (Å²) in [6.45, 7) is 1.86. The van der Waals surface area contributed by atoms with Gasteiger partial charge in [-0.15, -0.1) is 0 Å². The lowest BCUT2D eigenvalue weighted by atomic mass is 9.95. The van der Waals surface area contributed by atoms with Crippen LogP contribution in [0, 0.1) is 10.5 Å². The molecule has 3 aromatic rings. The van der Waals surface area contributed by atoms with E-state index in [0.717, 1.165) is 9.13 Å². The number of aromatic nitrogens is 3. The van der Waals surface area contributed by atoms with E-state index in [-0.39, 0.29) is 16.5 Å². The van der Waals surface area contributed by atoms with Gasteiger partial charge >= 0.3 is 0 Å². The molecule has 0 unspecified atom stereocenters. The highest BCUT2D eigenvalue weighted by Crippen LogP contribution is 2.41. The van der Waals surface area contributed by atoms with Gasteiger partial charge in [0.1, 0.15) is 5.69 Å². The maximum Gasteiger partial charge on any atom is 0.274 e.